The van der Waals surface area contributed by atoms with Gasteiger partial charge >= 0.3 is 0 Å². The maximum absolute atomic E-state index is 12.3. The number of hydrogen-bond acceptors (Lipinski definition) is 3. The van der Waals surface area contributed by atoms with E-state index in [1.807, 2.05) is 4.90 Å². The Bertz CT molecular complexity index is 254. The quantitative estimate of drug-likeness (QED) is 0.761. The Morgan fingerprint density at radius 1 is 1.31 bits per heavy atom. The van der Waals surface area contributed by atoms with Crippen LogP contribution < -0.4 is 5.73 Å². The van der Waals surface area contributed by atoms with Gasteiger partial charge in [0.1, 0.15) is 0 Å². The summed E-state index contributed by atoms with van der Waals surface area (Å²) in [5.41, 5.74) is 5.62. The van der Waals surface area contributed by atoms with Crippen LogP contribution in [-0.2, 0) is 9.53 Å². The van der Waals surface area contributed by atoms with Gasteiger partial charge in [-0.15, -0.1) is 0 Å². The zero-order chi connectivity index (χ0) is 11.6. The summed E-state index contributed by atoms with van der Waals surface area (Å²) in [5.74, 6) is 0.166. The average Bonchev–Trinajstić information content (AvgIpc) is 2.77. The van der Waals surface area contributed by atoms with Crippen LogP contribution in [0.5, 0.6) is 0 Å². The van der Waals surface area contributed by atoms with Gasteiger partial charge in [0, 0.05) is 20.2 Å². The predicted molar refractivity (Wildman–Crippen MR) is 62.0 cm³/mol. The molecule has 0 atom stereocenters. The third kappa shape index (κ3) is 2.23. The molecule has 2 aliphatic rings. The molecule has 1 aliphatic heterocycles. The Balaban J connectivity index is 1.91. The lowest BCUT2D eigenvalue weighted by Gasteiger charge is -2.36. The van der Waals surface area contributed by atoms with Crippen molar-refractivity contribution >= 4 is 5.91 Å². The Labute approximate surface area is 97.1 Å². The molecule has 1 saturated carbocycles. The number of ether oxygens (including phenoxy) is 1. The summed E-state index contributed by atoms with van der Waals surface area (Å²) in [6.45, 7) is 1.60. The molecule has 0 spiro atoms. The van der Waals surface area contributed by atoms with Crippen molar-refractivity contribution in [1.29, 1.82) is 0 Å². The van der Waals surface area contributed by atoms with E-state index in [1.165, 1.54) is 0 Å². The Morgan fingerprint density at radius 2 is 1.88 bits per heavy atom. The van der Waals surface area contributed by atoms with E-state index in [0.29, 0.717) is 6.10 Å². The Morgan fingerprint density at radius 3 is 2.38 bits per heavy atom. The second kappa shape index (κ2) is 4.72. The molecular weight excluding hydrogens is 204 g/mol. The van der Waals surface area contributed by atoms with Gasteiger partial charge in [-0.1, -0.05) is 12.8 Å². The fourth-order valence-electron chi connectivity index (χ4n) is 2.83. The summed E-state index contributed by atoms with van der Waals surface area (Å²) in [6.07, 6.45) is 6.11. The fraction of sp³-hybridized carbons (Fsp3) is 0.917. The second-order valence-electron chi connectivity index (χ2n) is 5.09. The maximum Gasteiger partial charge on any atom is 0.242 e. The highest BCUT2D eigenvalue weighted by Gasteiger charge is 2.40. The molecule has 0 bridgehead atoms. The van der Waals surface area contributed by atoms with Gasteiger partial charge in [0.2, 0.25) is 5.91 Å². The molecule has 0 aromatic heterocycles. The van der Waals surface area contributed by atoms with Gasteiger partial charge in [0.05, 0.1) is 11.6 Å². The summed E-state index contributed by atoms with van der Waals surface area (Å²) in [6, 6.07) is 0. The lowest BCUT2D eigenvalue weighted by Crippen LogP contribution is -2.55. The molecule has 0 radical (unpaired) electrons. The van der Waals surface area contributed by atoms with Crippen LogP contribution in [0.3, 0.4) is 0 Å². The first-order valence-corrected chi connectivity index (χ1v) is 6.27. The van der Waals surface area contributed by atoms with Crippen LogP contribution in [0, 0.1) is 0 Å². The van der Waals surface area contributed by atoms with Gasteiger partial charge in [0.25, 0.3) is 0 Å². The molecule has 92 valence electrons. The molecular formula is C12H22N2O2. The Kier molecular flexibility index (Phi) is 3.50. The number of carbonyl (C=O) groups is 1. The van der Waals surface area contributed by atoms with Gasteiger partial charge in [-0.05, 0) is 25.7 Å². The number of piperidine rings is 1. The van der Waals surface area contributed by atoms with Gasteiger partial charge < -0.3 is 15.4 Å². The number of amides is 1. The van der Waals surface area contributed by atoms with Crippen molar-refractivity contribution in [2.24, 2.45) is 5.73 Å². The molecule has 1 heterocycles. The molecule has 1 amide bonds. The number of likely N-dealkylation sites (tertiary alicyclic amines) is 1. The van der Waals surface area contributed by atoms with Crippen LogP contribution in [0.1, 0.15) is 38.5 Å². The number of nitrogens with two attached hydrogens (primary N) is 1. The summed E-state index contributed by atoms with van der Waals surface area (Å²) >= 11 is 0. The number of hydrogen-bond donors (Lipinski definition) is 1. The van der Waals surface area contributed by atoms with E-state index >= 15 is 0 Å². The van der Waals surface area contributed by atoms with E-state index in [1.54, 1.807) is 7.11 Å². The summed E-state index contributed by atoms with van der Waals surface area (Å²) < 4.78 is 5.30. The van der Waals surface area contributed by atoms with Gasteiger partial charge in [-0.2, -0.15) is 0 Å². The molecule has 4 heteroatoms. The SMILES string of the molecule is COC1CCN(C(=O)C2(N)CCCC2)CC1. The first-order chi connectivity index (χ1) is 7.65. The molecule has 2 fully saturated rings. The van der Waals surface area contributed by atoms with E-state index in [4.69, 9.17) is 10.5 Å². The third-order valence-corrected chi connectivity index (χ3v) is 3.98. The molecule has 1 saturated heterocycles. The smallest absolute Gasteiger partial charge is 0.242 e. The molecule has 4 nitrogen and oxygen atoms in total. The van der Waals surface area contributed by atoms with Gasteiger partial charge in [-0.3, -0.25) is 4.79 Å². The molecule has 0 unspecified atom stereocenters. The van der Waals surface area contributed by atoms with Gasteiger partial charge in [0.15, 0.2) is 0 Å². The van der Waals surface area contributed by atoms with Crippen LogP contribution in [0.25, 0.3) is 0 Å². The van der Waals surface area contributed by atoms with Crippen LogP contribution in [0.2, 0.25) is 0 Å². The lowest BCUT2D eigenvalue weighted by molar-refractivity contribution is -0.139. The largest absolute Gasteiger partial charge is 0.381 e. The zero-order valence-electron chi connectivity index (χ0n) is 10.1. The van der Waals surface area contributed by atoms with Crippen molar-refractivity contribution in [3.63, 3.8) is 0 Å². The average molecular weight is 226 g/mol. The fourth-order valence-corrected chi connectivity index (χ4v) is 2.83. The van der Waals surface area contributed by atoms with E-state index in [2.05, 4.69) is 0 Å². The first kappa shape index (κ1) is 11.9. The van der Waals surface area contributed by atoms with Crippen molar-refractivity contribution in [1.82, 2.24) is 4.90 Å². The van der Waals surface area contributed by atoms with Gasteiger partial charge in [-0.25, -0.2) is 0 Å². The van der Waals surface area contributed by atoms with Crippen molar-refractivity contribution in [2.75, 3.05) is 20.2 Å². The minimum absolute atomic E-state index is 0.166. The number of rotatable bonds is 2. The van der Waals surface area contributed by atoms with Crippen LogP contribution in [0.15, 0.2) is 0 Å². The molecule has 0 aromatic carbocycles. The molecule has 1 aliphatic carbocycles. The molecule has 0 aromatic rings. The topological polar surface area (TPSA) is 55.6 Å². The van der Waals surface area contributed by atoms with Crippen molar-refractivity contribution in [2.45, 2.75) is 50.2 Å². The predicted octanol–water partition coefficient (Wildman–Crippen LogP) is 0.895. The highest BCUT2D eigenvalue weighted by Crippen LogP contribution is 2.30. The summed E-state index contributed by atoms with van der Waals surface area (Å²) in [4.78, 5) is 14.2. The second-order valence-corrected chi connectivity index (χ2v) is 5.09. The highest BCUT2D eigenvalue weighted by molar-refractivity contribution is 5.86. The molecule has 16 heavy (non-hydrogen) atoms. The van der Waals surface area contributed by atoms with Crippen LogP contribution >= 0.6 is 0 Å². The number of carbonyl (C=O) groups excluding carboxylic acids is 1. The van der Waals surface area contributed by atoms with E-state index in [0.717, 1.165) is 51.6 Å². The van der Waals surface area contributed by atoms with E-state index < -0.39 is 5.54 Å². The van der Waals surface area contributed by atoms with Crippen molar-refractivity contribution in [3.05, 3.63) is 0 Å². The third-order valence-electron chi connectivity index (χ3n) is 3.98. The monoisotopic (exact) mass is 226 g/mol. The minimum atomic E-state index is -0.556. The van der Waals surface area contributed by atoms with Crippen molar-refractivity contribution in [3.8, 4) is 0 Å². The Hall–Kier alpha value is -0.610. The van der Waals surface area contributed by atoms with Crippen LogP contribution in [0.4, 0.5) is 0 Å². The van der Waals surface area contributed by atoms with Crippen molar-refractivity contribution < 1.29 is 9.53 Å². The van der Waals surface area contributed by atoms with E-state index in [-0.39, 0.29) is 5.91 Å². The highest BCUT2D eigenvalue weighted by atomic mass is 16.5. The summed E-state index contributed by atoms with van der Waals surface area (Å²) in [7, 11) is 1.74. The first-order valence-electron chi connectivity index (χ1n) is 6.27. The van der Waals surface area contributed by atoms with E-state index in [9.17, 15) is 4.79 Å². The maximum atomic E-state index is 12.3. The standard InChI is InChI=1S/C12H22N2O2/c1-16-10-4-8-14(9-5-10)11(15)12(13)6-2-3-7-12/h10H,2-9,13H2,1H3. The molecule has 2 rings (SSSR count). The zero-order valence-corrected chi connectivity index (χ0v) is 10.1. The number of methoxy groups -OCH3 is 1. The van der Waals surface area contributed by atoms with Crippen LogP contribution in [-0.4, -0.2) is 42.6 Å². The minimum Gasteiger partial charge on any atom is -0.381 e. The normalized spacial score (nSPS) is 26.0. The summed E-state index contributed by atoms with van der Waals surface area (Å²) in [5, 5.41) is 0. The molecule has 2 N–H and O–H groups in total. The lowest BCUT2D eigenvalue weighted by atomic mass is 9.95. The number of nitrogens with zero attached hydrogens (tertiary/aromatic N) is 1.